The van der Waals surface area contributed by atoms with Gasteiger partial charge in [-0.25, -0.2) is 8.42 Å². The first-order chi connectivity index (χ1) is 16.5. The van der Waals surface area contributed by atoms with Crippen molar-refractivity contribution in [1.29, 1.82) is 0 Å². The number of thiophene rings is 1. The Bertz CT molecular complexity index is 1330. The summed E-state index contributed by atoms with van der Waals surface area (Å²) in [7, 11) is -1.99. The normalized spacial score (nSPS) is 21.6. The Morgan fingerprint density at radius 2 is 1.94 bits per heavy atom. The van der Waals surface area contributed by atoms with Crippen LogP contribution in [-0.2, 0) is 23.2 Å². The molecule has 3 heterocycles. The number of likely N-dealkylation sites (N-methyl/N-ethyl adjacent to an activating group) is 1. The van der Waals surface area contributed by atoms with Crippen LogP contribution in [0.3, 0.4) is 0 Å². The number of hydrogen-bond acceptors (Lipinski definition) is 6. The SMILES string of the molecule is CN1C(CC2CCC2)CN(c2ccccc2)c2cc3c(cc2S1(=O)=O)-c1sc(CO)cc1CO3. The van der Waals surface area contributed by atoms with Gasteiger partial charge in [0.25, 0.3) is 0 Å². The van der Waals surface area contributed by atoms with Gasteiger partial charge >= 0.3 is 0 Å². The van der Waals surface area contributed by atoms with Crippen molar-refractivity contribution in [3.63, 3.8) is 0 Å². The molecular formula is C26H28N2O4S2. The first-order valence-electron chi connectivity index (χ1n) is 11.8. The van der Waals surface area contributed by atoms with Crippen LogP contribution in [0.15, 0.2) is 53.4 Å². The summed E-state index contributed by atoms with van der Waals surface area (Å²) in [6, 6.07) is 15.5. The Morgan fingerprint density at radius 1 is 1.15 bits per heavy atom. The van der Waals surface area contributed by atoms with Gasteiger partial charge in [-0.15, -0.1) is 11.3 Å². The molecule has 34 heavy (non-hydrogen) atoms. The first kappa shape index (κ1) is 22.1. The van der Waals surface area contributed by atoms with E-state index in [1.54, 1.807) is 17.4 Å². The second kappa shape index (κ2) is 8.37. The molecule has 1 aliphatic carbocycles. The lowest BCUT2D eigenvalue weighted by atomic mass is 9.81. The number of hydrogen-bond donors (Lipinski definition) is 1. The summed E-state index contributed by atoms with van der Waals surface area (Å²) in [6.45, 7) is 0.977. The van der Waals surface area contributed by atoms with E-state index in [1.807, 2.05) is 42.5 Å². The number of ether oxygens (including phenoxy) is 1. The van der Waals surface area contributed by atoms with Crippen molar-refractivity contribution in [1.82, 2.24) is 4.31 Å². The van der Waals surface area contributed by atoms with E-state index in [0.717, 1.165) is 33.0 Å². The van der Waals surface area contributed by atoms with Gasteiger partial charge in [-0.1, -0.05) is 37.5 Å². The maximum Gasteiger partial charge on any atom is 0.245 e. The highest BCUT2D eigenvalue weighted by Gasteiger charge is 2.40. The largest absolute Gasteiger partial charge is 0.488 e. The molecular weight excluding hydrogens is 468 g/mol. The average molecular weight is 497 g/mol. The van der Waals surface area contributed by atoms with Crippen molar-refractivity contribution in [2.24, 2.45) is 5.92 Å². The second-order valence-corrected chi connectivity index (χ2v) is 12.6. The zero-order valence-electron chi connectivity index (χ0n) is 19.1. The lowest BCUT2D eigenvalue weighted by Crippen LogP contribution is -2.42. The van der Waals surface area contributed by atoms with E-state index < -0.39 is 10.0 Å². The molecule has 8 heteroatoms. The number of aliphatic hydroxyl groups excluding tert-OH is 1. The van der Waals surface area contributed by atoms with Crippen LogP contribution in [0.25, 0.3) is 10.4 Å². The van der Waals surface area contributed by atoms with Gasteiger partial charge in [-0.2, -0.15) is 4.31 Å². The number of sulfonamides is 1. The summed E-state index contributed by atoms with van der Waals surface area (Å²) in [5.41, 5.74) is 3.41. The van der Waals surface area contributed by atoms with Crippen LogP contribution in [-0.4, -0.2) is 37.5 Å². The smallest absolute Gasteiger partial charge is 0.245 e. The Hall–Kier alpha value is -2.39. The van der Waals surface area contributed by atoms with E-state index in [0.29, 0.717) is 35.4 Å². The van der Waals surface area contributed by atoms with E-state index in [-0.39, 0.29) is 12.6 Å². The van der Waals surface area contributed by atoms with Gasteiger partial charge in [0.15, 0.2) is 0 Å². The van der Waals surface area contributed by atoms with E-state index >= 15 is 0 Å². The van der Waals surface area contributed by atoms with E-state index in [2.05, 4.69) is 4.90 Å². The molecule has 1 aromatic heterocycles. The molecule has 1 saturated carbocycles. The van der Waals surface area contributed by atoms with Crippen LogP contribution in [0.2, 0.25) is 0 Å². The molecule has 2 aliphatic heterocycles. The fourth-order valence-electron chi connectivity index (χ4n) is 5.28. The fraction of sp³-hybridized carbons (Fsp3) is 0.385. The number of anilines is 2. The molecule has 0 spiro atoms. The van der Waals surface area contributed by atoms with Crippen molar-refractivity contribution in [3.8, 4) is 16.2 Å². The minimum absolute atomic E-state index is 0.0381. The standard InChI is InChI=1S/C26H28N2O4S2/c1-27-20(10-17-6-5-7-17)14-28(19-8-3-2-4-9-19)23-13-24-22(12-25(23)34(27,30)31)26-18(16-32-24)11-21(15-29)33-26/h2-4,8-9,11-13,17,20,29H,5-7,10,14-16H2,1H3. The molecule has 1 atom stereocenters. The van der Waals surface area contributed by atoms with Crippen LogP contribution in [0, 0.1) is 5.92 Å². The highest BCUT2D eigenvalue weighted by Crippen LogP contribution is 2.49. The van der Waals surface area contributed by atoms with Gasteiger partial charge in [0.1, 0.15) is 17.3 Å². The van der Waals surface area contributed by atoms with Crippen LogP contribution in [0.4, 0.5) is 11.4 Å². The third kappa shape index (κ3) is 3.55. The number of para-hydroxylation sites is 1. The van der Waals surface area contributed by atoms with Gasteiger partial charge < -0.3 is 14.7 Å². The van der Waals surface area contributed by atoms with E-state index in [1.165, 1.54) is 30.6 Å². The van der Waals surface area contributed by atoms with Gasteiger partial charge in [-0.3, -0.25) is 0 Å². The predicted molar refractivity (Wildman–Crippen MR) is 134 cm³/mol. The lowest BCUT2D eigenvalue weighted by molar-refractivity contribution is 0.230. The Morgan fingerprint density at radius 3 is 2.65 bits per heavy atom. The molecule has 0 bridgehead atoms. The van der Waals surface area contributed by atoms with Crippen LogP contribution in [0.1, 0.15) is 36.1 Å². The first-order valence-corrected chi connectivity index (χ1v) is 14.1. The molecule has 1 unspecified atom stereocenters. The minimum Gasteiger partial charge on any atom is -0.488 e. The van der Waals surface area contributed by atoms with Crippen molar-refractivity contribution >= 4 is 32.7 Å². The fourth-order valence-corrected chi connectivity index (χ4v) is 7.88. The molecule has 3 aliphatic rings. The van der Waals surface area contributed by atoms with Gasteiger partial charge in [0.2, 0.25) is 10.0 Å². The topological polar surface area (TPSA) is 70.1 Å². The molecule has 1 fully saturated rings. The highest BCUT2D eigenvalue weighted by molar-refractivity contribution is 7.89. The Labute approximate surface area is 204 Å². The molecule has 6 rings (SSSR count). The van der Waals surface area contributed by atoms with Crippen molar-refractivity contribution in [2.45, 2.75) is 49.8 Å². The maximum absolute atomic E-state index is 14.0. The molecule has 1 N–H and O–H groups in total. The summed E-state index contributed by atoms with van der Waals surface area (Å²) in [6.07, 6.45) is 4.47. The summed E-state index contributed by atoms with van der Waals surface area (Å²) in [4.78, 5) is 4.28. The van der Waals surface area contributed by atoms with Crippen LogP contribution < -0.4 is 9.64 Å². The molecule has 2 aromatic carbocycles. The molecule has 178 valence electrons. The zero-order chi connectivity index (χ0) is 23.4. The summed E-state index contributed by atoms with van der Waals surface area (Å²) >= 11 is 1.50. The van der Waals surface area contributed by atoms with E-state index in [9.17, 15) is 13.5 Å². The maximum atomic E-state index is 14.0. The Balaban J connectivity index is 1.53. The lowest BCUT2D eigenvalue weighted by Gasteiger charge is -2.35. The highest BCUT2D eigenvalue weighted by atomic mass is 32.2. The quantitative estimate of drug-likeness (QED) is 0.542. The Kier molecular flexibility index (Phi) is 5.44. The van der Waals surface area contributed by atoms with Gasteiger partial charge in [0, 0.05) is 52.3 Å². The number of benzene rings is 2. The minimum atomic E-state index is -3.72. The number of rotatable bonds is 4. The summed E-state index contributed by atoms with van der Waals surface area (Å²) in [5, 5.41) is 9.63. The van der Waals surface area contributed by atoms with Crippen molar-refractivity contribution in [2.75, 3.05) is 18.5 Å². The van der Waals surface area contributed by atoms with E-state index in [4.69, 9.17) is 4.74 Å². The number of aliphatic hydroxyl groups is 1. The average Bonchev–Trinajstić information content (AvgIpc) is 3.23. The molecule has 6 nitrogen and oxygen atoms in total. The predicted octanol–water partition coefficient (Wildman–Crippen LogP) is 5.13. The zero-order valence-corrected chi connectivity index (χ0v) is 20.7. The summed E-state index contributed by atoms with van der Waals surface area (Å²) < 4.78 is 35.7. The van der Waals surface area contributed by atoms with Crippen molar-refractivity contribution in [3.05, 3.63) is 59.0 Å². The van der Waals surface area contributed by atoms with Gasteiger partial charge in [-0.05, 0) is 36.6 Å². The van der Waals surface area contributed by atoms with Crippen LogP contribution >= 0.6 is 11.3 Å². The molecule has 0 saturated heterocycles. The van der Waals surface area contributed by atoms with Crippen LogP contribution in [0.5, 0.6) is 5.75 Å². The number of nitrogens with zero attached hydrogens (tertiary/aromatic N) is 2. The third-order valence-corrected chi connectivity index (χ3v) is 10.6. The molecule has 0 amide bonds. The molecule has 0 radical (unpaired) electrons. The van der Waals surface area contributed by atoms with Crippen molar-refractivity contribution < 1.29 is 18.3 Å². The second-order valence-electron chi connectivity index (χ2n) is 9.48. The van der Waals surface area contributed by atoms with Gasteiger partial charge in [0.05, 0.1) is 12.3 Å². The monoisotopic (exact) mass is 496 g/mol. The molecule has 3 aromatic rings. The third-order valence-electron chi connectivity index (χ3n) is 7.46. The number of fused-ring (bicyclic) bond motifs is 4. The summed E-state index contributed by atoms with van der Waals surface area (Å²) in [5.74, 6) is 1.28.